The Hall–Kier alpha value is -2.08. The van der Waals surface area contributed by atoms with Gasteiger partial charge in [0.05, 0.1) is 6.04 Å². The van der Waals surface area contributed by atoms with Crippen LogP contribution < -0.4 is 5.73 Å². The van der Waals surface area contributed by atoms with Crippen LogP contribution in [0.5, 0.6) is 0 Å². The third-order valence-electron chi connectivity index (χ3n) is 4.52. The molecule has 0 aromatic heterocycles. The predicted molar refractivity (Wildman–Crippen MR) is 88.0 cm³/mol. The van der Waals surface area contributed by atoms with Crippen LogP contribution in [0.15, 0.2) is 30.3 Å². The highest BCUT2D eigenvalue weighted by molar-refractivity contribution is 5.86. The van der Waals surface area contributed by atoms with Gasteiger partial charge in [-0.1, -0.05) is 30.3 Å². The van der Waals surface area contributed by atoms with Crippen LogP contribution in [0.4, 0.5) is 4.79 Å². The molecule has 3 atom stereocenters. The van der Waals surface area contributed by atoms with Crippen molar-refractivity contribution in [2.75, 3.05) is 13.7 Å². The van der Waals surface area contributed by atoms with Crippen LogP contribution in [-0.4, -0.2) is 41.6 Å². The van der Waals surface area contributed by atoms with E-state index in [-0.39, 0.29) is 30.9 Å². The lowest BCUT2D eigenvalue weighted by Gasteiger charge is -2.31. The molecule has 0 radical (unpaired) electrons. The molecule has 0 bridgehead atoms. The summed E-state index contributed by atoms with van der Waals surface area (Å²) >= 11 is 0. The molecular formula is C17H25N3O3. The van der Waals surface area contributed by atoms with Gasteiger partial charge in [0.15, 0.2) is 0 Å². The molecule has 6 heteroatoms. The molecule has 0 spiro atoms. The Bertz CT molecular complexity index is 535. The summed E-state index contributed by atoms with van der Waals surface area (Å²) in [6, 6.07) is 8.98. The minimum atomic E-state index is -0.485. The number of hydrogen-bond donors (Lipinski definition) is 3. The van der Waals surface area contributed by atoms with Crippen LogP contribution >= 0.6 is 0 Å². The van der Waals surface area contributed by atoms with Gasteiger partial charge in [-0.15, -0.1) is 0 Å². The van der Waals surface area contributed by atoms with E-state index in [9.17, 15) is 9.90 Å². The molecule has 2 rings (SSSR count). The zero-order chi connectivity index (χ0) is 16.8. The molecule has 0 heterocycles. The van der Waals surface area contributed by atoms with E-state index >= 15 is 0 Å². The quantitative estimate of drug-likeness (QED) is 0.551. The van der Waals surface area contributed by atoms with E-state index in [1.54, 1.807) is 7.05 Å². The van der Waals surface area contributed by atoms with Gasteiger partial charge in [0.2, 0.25) is 0 Å². The third kappa shape index (κ3) is 4.45. The zero-order valence-corrected chi connectivity index (χ0v) is 13.4. The van der Waals surface area contributed by atoms with Crippen LogP contribution in [0.2, 0.25) is 0 Å². The summed E-state index contributed by atoms with van der Waals surface area (Å²) in [5, 5.41) is 17.1. The molecule has 0 aliphatic heterocycles. The number of aliphatic hydroxyl groups excluding tert-OH is 1. The Labute approximate surface area is 136 Å². The van der Waals surface area contributed by atoms with Crippen LogP contribution in [0.25, 0.3) is 0 Å². The number of amides is 1. The molecule has 1 aliphatic rings. The second-order valence-corrected chi connectivity index (χ2v) is 6.17. The van der Waals surface area contributed by atoms with Crippen molar-refractivity contribution in [2.45, 2.75) is 31.9 Å². The van der Waals surface area contributed by atoms with E-state index < -0.39 is 12.1 Å². The van der Waals surface area contributed by atoms with Gasteiger partial charge < -0.3 is 20.5 Å². The Morgan fingerprint density at radius 2 is 2.13 bits per heavy atom. The summed E-state index contributed by atoms with van der Waals surface area (Å²) < 4.78 is 5.32. The third-order valence-corrected chi connectivity index (χ3v) is 4.52. The fourth-order valence-electron chi connectivity index (χ4n) is 3.28. The molecule has 3 unspecified atom stereocenters. The SMILES string of the molecule is CN(C(=O)OCc1ccccc1)C(C(=N)N)C1CCC(CO)C1. The Morgan fingerprint density at radius 3 is 2.70 bits per heavy atom. The molecule has 23 heavy (non-hydrogen) atoms. The van der Waals surface area contributed by atoms with Crippen LogP contribution in [0, 0.1) is 17.2 Å². The lowest BCUT2D eigenvalue weighted by Crippen LogP contribution is -2.49. The second-order valence-electron chi connectivity index (χ2n) is 6.17. The van der Waals surface area contributed by atoms with Crippen LogP contribution in [-0.2, 0) is 11.3 Å². The van der Waals surface area contributed by atoms with Crippen molar-refractivity contribution in [3.8, 4) is 0 Å². The highest BCUT2D eigenvalue weighted by atomic mass is 16.6. The molecule has 1 amide bonds. The van der Waals surface area contributed by atoms with E-state index in [0.717, 1.165) is 24.8 Å². The number of hydrogen-bond acceptors (Lipinski definition) is 4. The van der Waals surface area contributed by atoms with Gasteiger partial charge >= 0.3 is 6.09 Å². The standard InChI is InChI=1S/C17H25N3O3/c1-20(17(22)23-11-12-5-3-2-4-6-12)15(16(18)19)14-8-7-13(9-14)10-21/h2-6,13-15,21H,7-11H2,1H3,(H3,18,19). The Kier molecular flexibility index (Phi) is 5.98. The summed E-state index contributed by atoms with van der Waals surface area (Å²) in [7, 11) is 1.62. The minimum absolute atomic E-state index is 0.0345. The average Bonchev–Trinajstić information content (AvgIpc) is 3.01. The van der Waals surface area contributed by atoms with Crippen molar-refractivity contribution in [1.29, 1.82) is 5.41 Å². The number of aliphatic hydroxyl groups is 1. The van der Waals surface area contributed by atoms with Gasteiger partial charge in [0.25, 0.3) is 0 Å². The van der Waals surface area contributed by atoms with E-state index in [0.29, 0.717) is 0 Å². The number of nitrogens with two attached hydrogens (primary N) is 1. The first-order valence-corrected chi connectivity index (χ1v) is 7.91. The summed E-state index contributed by atoms with van der Waals surface area (Å²) in [5.41, 5.74) is 6.63. The first kappa shape index (κ1) is 17.3. The van der Waals surface area contributed by atoms with Crippen molar-refractivity contribution in [3.05, 3.63) is 35.9 Å². The molecule has 1 saturated carbocycles. The molecule has 1 fully saturated rings. The number of amidine groups is 1. The van der Waals surface area contributed by atoms with Crippen molar-refractivity contribution < 1.29 is 14.6 Å². The lowest BCUT2D eigenvalue weighted by molar-refractivity contribution is 0.0904. The molecule has 126 valence electrons. The fraction of sp³-hybridized carbons (Fsp3) is 0.529. The number of likely N-dealkylation sites (N-methyl/N-ethyl adjacent to an activating group) is 1. The number of nitrogens with zero attached hydrogens (tertiary/aromatic N) is 1. The number of rotatable bonds is 6. The smallest absolute Gasteiger partial charge is 0.410 e. The summed E-state index contributed by atoms with van der Waals surface area (Å²) in [6.07, 6.45) is 2.04. The Morgan fingerprint density at radius 1 is 1.43 bits per heavy atom. The summed E-state index contributed by atoms with van der Waals surface area (Å²) in [5.74, 6) is 0.294. The summed E-state index contributed by atoms with van der Waals surface area (Å²) in [6.45, 7) is 0.335. The maximum Gasteiger partial charge on any atom is 0.410 e. The van der Waals surface area contributed by atoms with Gasteiger partial charge in [0.1, 0.15) is 12.4 Å². The molecule has 1 aliphatic carbocycles. The van der Waals surface area contributed by atoms with Gasteiger partial charge in [-0.25, -0.2) is 4.79 Å². The summed E-state index contributed by atoms with van der Waals surface area (Å²) in [4.78, 5) is 13.7. The van der Waals surface area contributed by atoms with Crippen LogP contribution in [0.1, 0.15) is 24.8 Å². The normalized spacial score (nSPS) is 21.7. The van der Waals surface area contributed by atoms with Gasteiger partial charge in [-0.2, -0.15) is 0 Å². The monoisotopic (exact) mass is 319 g/mol. The topological polar surface area (TPSA) is 99.6 Å². The Balaban J connectivity index is 1.96. The maximum absolute atomic E-state index is 12.3. The van der Waals surface area contributed by atoms with Crippen molar-refractivity contribution >= 4 is 11.9 Å². The number of carbonyl (C=O) groups excluding carboxylic acids is 1. The molecule has 4 N–H and O–H groups in total. The number of nitrogens with one attached hydrogen (secondary N) is 1. The molecule has 1 aromatic rings. The first-order chi connectivity index (χ1) is 11.0. The molecule has 1 aromatic carbocycles. The zero-order valence-electron chi connectivity index (χ0n) is 13.4. The lowest BCUT2D eigenvalue weighted by atomic mass is 9.95. The van der Waals surface area contributed by atoms with Crippen molar-refractivity contribution in [3.63, 3.8) is 0 Å². The maximum atomic E-state index is 12.3. The number of benzene rings is 1. The van der Waals surface area contributed by atoms with Crippen LogP contribution in [0.3, 0.4) is 0 Å². The fourth-order valence-corrected chi connectivity index (χ4v) is 3.28. The largest absolute Gasteiger partial charge is 0.445 e. The number of carbonyl (C=O) groups is 1. The second kappa shape index (κ2) is 7.97. The van der Waals surface area contributed by atoms with Gasteiger partial charge in [-0.05, 0) is 36.7 Å². The molecular weight excluding hydrogens is 294 g/mol. The molecule has 6 nitrogen and oxygen atoms in total. The van der Waals surface area contributed by atoms with Gasteiger partial charge in [0, 0.05) is 13.7 Å². The highest BCUT2D eigenvalue weighted by Crippen LogP contribution is 2.34. The van der Waals surface area contributed by atoms with Gasteiger partial charge in [-0.3, -0.25) is 5.41 Å². The predicted octanol–water partition coefficient (Wildman–Crippen LogP) is 1.97. The van der Waals surface area contributed by atoms with Crippen molar-refractivity contribution in [2.24, 2.45) is 17.6 Å². The average molecular weight is 319 g/mol. The minimum Gasteiger partial charge on any atom is -0.445 e. The van der Waals surface area contributed by atoms with E-state index in [1.807, 2.05) is 30.3 Å². The van der Waals surface area contributed by atoms with E-state index in [4.69, 9.17) is 15.9 Å². The van der Waals surface area contributed by atoms with E-state index in [1.165, 1.54) is 4.90 Å². The number of ether oxygens (including phenoxy) is 1. The first-order valence-electron chi connectivity index (χ1n) is 7.91. The van der Waals surface area contributed by atoms with E-state index in [2.05, 4.69) is 0 Å². The molecule has 0 saturated heterocycles. The highest BCUT2D eigenvalue weighted by Gasteiger charge is 2.36. The van der Waals surface area contributed by atoms with Crippen molar-refractivity contribution in [1.82, 2.24) is 4.90 Å².